The summed E-state index contributed by atoms with van der Waals surface area (Å²) < 4.78 is 4.47. The Balaban J connectivity index is 2.18. The molecule has 1 atom stereocenters. The van der Waals surface area contributed by atoms with Crippen molar-refractivity contribution >= 4 is 22.8 Å². The Bertz CT molecular complexity index is 997. The van der Waals surface area contributed by atoms with Crippen molar-refractivity contribution in [2.45, 2.75) is 44.7 Å². The summed E-state index contributed by atoms with van der Waals surface area (Å²) in [5, 5.41) is 9.06. The number of alkyl halides is 1. The number of aliphatic hydroxyl groups excluding tert-OH is 1. The van der Waals surface area contributed by atoms with E-state index < -0.39 is 5.69 Å². The second-order valence-electron chi connectivity index (χ2n) is 6.41. The molecule has 0 spiro atoms. The van der Waals surface area contributed by atoms with Gasteiger partial charge >= 0.3 is 5.69 Å². The lowest BCUT2D eigenvalue weighted by Crippen LogP contribution is -2.40. The zero-order valence-electron chi connectivity index (χ0n) is 15.0. The van der Waals surface area contributed by atoms with Crippen molar-refractivity contribution in [1.82, 2.24) is 18.7 Å². The minimum absolute atomic E-state index is 0.000424. The van der Waals surface area contributed by atoms with E-state index in [0.717, 1.165) is 17.8 Å². The molecule has 0 aliphatic heterocycles. The molecule has 140 valence electrons. The SMILES string of the molecule is CCc1nc2c(c(=O)n(CCCO)c(=O)n2C)n1CC1=CCC(Cl)C=C1. The fraction of sp³-hybridized carbons (Fsp3) is 0.500. The van der Waals surface area contributed by atoms with Gasteiger partial charge in [0.05, 0.1) is 5.38 Å². The van der Waals surface area contributed by atoms with E-state index in [4.69, 9.17) is 16.7 Å². The highest BCUT2D eigenvalue weighted by atomic mass is 35.5. The molecule has 2 heterocycles. The Morgan fingerprint density at radius 3 is 2.73 bits per heavy atom. The number of aryl methyl sites for hydroxylation is 2. The molecule has 8 heteroatoms. The van der Waals surface area contributed by atoms with Gasteiger partial charge in [0.15, 0.2) is 11.2 Å². The van der Waals surface area contributed by atoms with Gasteiger partial charge in [0.25, 0.3) is 5.56 Å². The van der Waals surface area contributed by atoms with Crippen LogP contribution in [0.1, 0.15) is 25.6 Å². The Kier molecular flexibility index (Phi) is 5.48. The van der Waals surface area contributed by atoms with Crippen molar-refractivity contribution < 1.29 is 5.11 Å². The van der Waals surface area contributed by atoms with E-state index in [9.17, 15) is 9.59 Å². The van der Waals surface area contributed by atoms with Crippen LogP contribution in [0, 0.1) is 0 Å². The predicted molar refractivity (Wildman–Crippen MR) is 102 cm³/mol. The minimum atomic E-state index is -0.412. The van der Waals surface area contributed by atoms with Gasteiger partial charge in [-0.25, -0.2) is 9.78 Å². The van der Waals surface area contributed by atoms with Crippen molar-refractivity contribution in [1.29, 1.82) is 0 Å². The molecule has 2 aromatic rings. The Morgan fingerprint density at radius 2 is 2.12 bits per heavy atom. The van der Waals surface area contributed by atoms with Gasteiger partial charge in [0.1, 0.15) is 5.82 Å². The molecular formula is C18H23ClN4O3. The van der Waals surface area contributed by atoms with Gasteiger partial charge in [-0.3, -0.25) is 13.9 Å². The Morgan fingerprint density at radius 1 is 1.35 bits per heavy atom. The number of hydrogen-bond donors (Lipinski definition) is 1. The predicted octanol–water partition coefficient (Wildman–Crippen LogP) is 1.34. The highest BCUT2D eigenvalue weighted by Crippen LogP contribution is 2.20. The molecule has 26 heavy (non-hydrogen) atoms. The first-order valence-corrected chi connectivity index (χ1v) is 9.22. The highest BCUT2D eigenvalue weighted by Gasteiger charge is 2.20. The minimum Gasteiger partial charge on any atom is -0.396 e. The normalized spacial score (nSPS) is 17.1. The lowest BCUT2D eigenvalue weighted by atomic mass is 10.1. The number of aliphatic hydroxyl groups is 1. The molecule has 0 amide bonds. The molecule has 0 saturated carbocycles. The van der Waals surface area contributed by atoms with Crippen molar-refractivity contribution in [2.75, 3.05) is 6.61 Å². The van der Waals surface area contributed by atoms with Crippen molar-refractivity contribution in [3.8, 4) is 0 Å². The lowest BCUT2D eigenvalue weighted by molar-refractivity contribution is 0.277. The van der Waals surface area contributed by atoms with E-state index in [2.05, 4.69) is 11.1 Å². The molecule has 1 N–H and O–H groups in total. The maximum absolute atomic E-state index is 13.0. The summed E-state index contributed by atoms with van der Waals surface area (Å²) in [4.78, 5) is 30.0. The molecule has 0 bridgehead atoms. The molecule has 2 aromatic heterocycles. The van der Waals surface area contributed by atoms with Crippen molar-refractivity contribution in [3.05, 3.63) is 50.5 Å². The van der Waals surface area contributed by atoms with Crippen LogP contribution in [0.5, 0.6) is 0 Å². The number of rotatable bonds is 6. The maximum Gasteiger partial charge on any atom is 0.332 e. The van der Waals surface area contributed by atoms with Crippen LogP contribution in [-0.2, 0) is 26.6 Å². The molecule has 0 radical (unpaired) electrons. The van der Waals surface area contributed by atoms with Crippen LogP contribution < -0.4 is 11.2 Å². The third kappa shape index (κ3) is 3.29. The Hall–Kier alpha value is -2.12. The number of hydrogen-bond acceptors (Lipinski definition) is 4. The van der Waals surface area contributed by atoms with E-state index in [1.54, 1.807) is 7.05 Å². The van der Waals surface area contributed by atoms with Gasteiger partial charge in [0.2, 0.25) is 0 Å². The van der Waals surface area contributed by atoms with E-state index in [0.29, 0.717) is 30.6 Å². The molecule has 7 nitrogen and oxygen atoms in total. The number of allylic oxidation sites excluding steroid dienone is 4. The van der Waals surface area contributed by atoms with Crippen molar-refractivity contribution in [3.63, 3.8) is 0 Å². The lowest BCUT2D eigenvalue weighted by Gasteiger charge is -2.14. The van der Waals surface area contributed by atoms with Gasteiger partial charge < -0.3 is 9.67 Å². The van der Waals surface area contributed by atoms with E-state index in [1.165, 1.54) is 9.13 Å². The summed E-state index contributed by atoms with van der Waals surface area (Å²) in [5.74, 6) is 0.759. The summed E-state index contributed by atoms with van der Waals surface area (Å²) in [7, 11) is 1.62. The third-order valence-corrected chi connectivity index (χ3v) is 4.96. The van der Waals surface area contributed by atoms with Gasteiger partial charge in [-0.05, 0) is 18.4 Å². The average Bonchev–Trinajstić information content (AvgIpc) is 3.00. The van der Waals surface area contributed by atoms with E-state index in [1.807, 2.05) is 23.6 Å². The summed E-state index contributed by atoms with van der Waals surface area (Å²) in [6.07, 6.45) is 7.72. The maximum atomic E-state index is 13.0. The summed E-state index contributed by atoms with van der Waals surface area (Å²) in [5.41, 5.74) is 1.10. The smallest absolute Gasteiger partial charge is 0.332 e. The standard InChI is InChI=1S/C18H23ClN4O3/c1-3-14-20-16-15(23(14)11-12-5-7-13(19)8-6-12)17(25)22(9-4-10-24)18(26)21(16)2/h5-7,13,24H,3-4,8-11H2,1-2H3. The van der Waals surface area contributed by atoms with E-state index >= 15 is 0 Å². The molecule has 0 saturated heterocycles. The average molecular weight is 379 g/mol. The summed E-state index contributed by atoms with van der Waals surface area (Å²) in [6, 6.07) is 0. The fourth-order valence-electron chi connectivity index (χ4n) is 3.22. The van der Waals surface area contributed by atoms with Crippen LogP contribution in [0.15, 0.2) is 33.4 Å². The van der Waals surface area contributed by atoms with Crippen LogP contribution in [0.2, 0.25) is 0 Å². The monoisotopic (exact) mass is 378 g/mol. The molecule has 1 aliphatic carbocycles. The van der Waals surface area contributed by atoms with Gasteiger partial charge in [-0.15, -0.1) is 11.6 Å². The van der Waals surface area contributed by atoms with Crippen molar-refractivity contribution in [2.24, 2.45) is 7.05 Å². The van der Waals surface area contributed by atoms with Crippen LogP contribution in [-0.4, -0.2) is 35.8 Å². The number of fused-ring (bicyclic) bond motifs is 1. The highest BCUT2D eigenvalue weighted by molar-refractivity contribution is 6.22. The number of imidazole rings is 1. The first-order valence-electron chi connectivity index (χ1n) is 8.79. The molecule has 1 aliphatic rings. The zero-order chi connectivity index (χ0) is 18.8. The second-order valence-corrected chi connectivity index (χ2v) is 6.97. The van der Waals surface area contributed by atoms with Gasteiger partial charge in [-0.2, -0.15) is 0 Å². The molecule has 0 fully saturated rings. The molecule has 1 unspecified atom stereocenters. The van der Waals surface area contributed by atoms with Crippen LogP contribution in [0.25, 0.3) is 11.2 Å². The quantitative estimate of drug-likeness (QED) is 0.769. The number of halogens is 1. The molecule has 0 aromatic carbocycles. The summed E-state index contributed by atoms with van der Waals surface area (Å²) >= 11 is 6.09. The van der Waals surface area contributed by atoms with Crippen LogP contribution >= 0.6 is 11.6 Å². The number of aromatic nitrogens is 4. The molecule has 3 rings (SSSR count). The molecular weight excluding hydrogens is 356 g/mol. The second kappa shape index (κ2) is 7.63. The van der Waals surface area contributed by atoms with Crippen LogP contribution in [0.4, 0.5) is 0 Å². The fourth-order valence-corrected chi connectivity index (χ4v) is 3.38. The zero-order valence-corrected chi connectivity index (χ0v) is 15.7. The van der Waals surface area contributed by atoms with E-state index in [-0.39, 0.29) is 24.1 Å². The first-order chi connectivity index (χ1) is 12.5. The first kappa shape index (κ1) is 18.7. The Labute approximate surface area is 155 Å². The third-order valence-electron chi connectivity index (χ3n) is 4.63. The van der Waals surface area contributed by atoms with Gasteiger partial charge in [-0.1, -0.05) is 25.2 Å². The largest absolute Gasteiger partial charge is 0.396 e. The number of nitrogens with zero attached hydrogens (tertiary/aromatic N) is 4. The van der Waals surface area contributed by atoms with Crippen LogP contribution in [0.3, 0.4) is 0 Å². The summed E-state index contributed by atoms with van der Waals surface area (Å²) in [6.45, 7) is 2.58. The topological polar surface area (TPSA) is 82.1 Å². The van der Waals surface area contributed by atoms with Gasteiger partial charge in [0, 0.05) is 33.2 Å².